The van der Waals surface area contributed by atoms with Crippen molar-refractivity contribution in [2.24, 2.45) is 5.92 Å². The Bertz CT molecular complexity index is 391. The van der Waals surface area contributed by atoms with Crippen LogP contribution in [0.3, 0.4) is 0 Å². The van der Waals surface area contributed by atoms with Gasteiger partial charge in [0.2, 0.25) is 0 Å². The fourth-order valence-electron chi connectivity index (χ4n) is 2.14. The monoisotopic (exact) mass is 278 g/mol. The second-order valence-corrected chi connectivity index (χ2v) is 4.82. The van der Waals surface area contributed by atoms with Crippen molar-refractivity contribution in [3.63, 3.8) is 0 Å². The molecule has 1 fully saturated rings. The predicted octanol–water partition coefficient (Wildman–Crippen LogP) is 3.56. The highest BCUT2D eigenvalue weighted by Crippen LogP contribution is 2.30. The van der Waals surface area contributed by atoms with Gasteiger partial charge in [-0.05, 0) is 30.9 Å². The summed E-state index contributed by atoms with van der Waals surface area (Å²) in [6, 6.07) is 2.51. The molecule has 100 valence electrons. The van der Waals surface area contributed by atoms with Gasteiger partial charge in [0, 0.05) is 25.2 Å². The lowest BCUT2D eigenvalue weighted by Gasteiger charge is -2.32. The van der Waals surface area contributed by atoms with Gasteiger partial charge in [-0.1, -0.05) is 0 Å². The molecule has 18 heavy (non-hydrogen) atoms. The lowest BCUT2D eigenvalue weighted by atomic mass is 10.00. The summed E-state index contributed by atoms with van der Waals surface area (Å²) in [6.07, 6.45) is -1.37. The molecule has 0 N–H and O–H groups in total. The Labute approximate surface area is 109 Å². The number of piperidine rings is 1. The summed E-state index contributed by atoms with van der Waals surface area (Å²) in [7, 11) is 0. The summed E-state index contributed by atoms with van der Waals surface area (Å²) in [5.41, 5.74) is -0.711. The van der Waals surface area contributed by atoms with Crippen LogP contribution < -0.4 is 4.90 Å². The van der Waals surface area contributed by atoms with Gasteiger partial charge in [-0.25, -0.2) is 4.98 Å². The second kappa shape index (κ2) is 5.34. The minimum absolute atomic E-state index is 0.393. The normalized spacial score (nSPS) is 21.1. The molecule has 1 aromatic heterocycles. The van der Waals surface area contributed by atoms with E-state index in [-0.39, 0.29) is 0 Å². The number of nitrogens with zero attached hydrogens (tertiary/aromatic N) is 2. The van der Waals surface area contributed by atoms with E-state index in [1.54, 1.807) is 0 Å². The molecule has 0 bridgehead atoms. The molecule has 0 spiro atoms. The molecule has 1 saturated heterocycles. The molecular weight excluding hydrogens is 265 g/mol. The standard InChI is InChI=1S/C12H14ClF3N2/c13-6-9-2-1-5-18(8-9)11-4-3-10(7-17-11)12(14,15)16/h3-4,7,9H,1-2,5-6,8H2. The Morgan fingerprint density at radius 3 is 2.72 bits per heavy atom. The van der Waals surface area contributed by atoms with Crippen molar-refractivity contribution in [2.75, 3.05) is 23.9 Å². The van der Waals surface area contributed by atoms with Crippen LogP contribution in [0.5, 0.6) is 0 Å². The Hall–Kier alpha value is -0.970. The van der Waals surface area contributed by atoms with Crippen LogP contribution in [-0.2, 0) is 6.18 Å². The topological polar surface area (TPSA) is 16.1 Å². The number of hydrogen-bond acceptors (Lipinski definition) is 2. The minimum Gasteiger partial charge on any atom is -0.356 e. The Balaban J connectivity index is 2.09. The zero-order chi connectivity index (χ0) is 13.2. The van der Waals surface area contributed by atoms with Gasteiger partial charge < -0.3 is 4.90 Å². The van der Waals surface area contributed by atoms with Crippen molar-refractivity contribution in [3.05, 3.63) is 23.9 Å². The maximum absolute atomic E-state index is 12.4. The van der Waals surface area contributed by atoms with Crippen LogP contribution in [0.2, 0.25) is 0 Å². The first kappa shape index (κ1) is 13.5. The highest BCUT2D eigenvalue weighted by molar-refractivity contribution is 6.18. The van der Waals surface area contributed by atoms with Crippen molar-refractivity contribution in [1.82, 2.24) is 4.98 Å². The molecule has 0 radical (unpaired) electrons. The molecule has 6 heteroatoms. The molecule has 1 aliphatic rings. The van der Waals surface area contributed by atoms with Crippen LogP contribution in [0.25, 0.3) is 0 Å². The van der Waals surface area contributed by atoms with Gasteiger partial charge in [-0.2, -0.15) is 13.2 Å². The number of anilines is 1. The fourth-order valence-corrected chi connectivity index (χ4v) is 2.39. The summed E-state index contributed by atoms with van der Waals surface area (Å²) in [6.45, 7) is 1.59. The van der Waals surface area contributed by atoms with Crippen molar-refractivity contribution in [1.29, 1.82) is 0 Å². The van der Waals surface area contributed by atoms with E-state index in [0.29, 0.717) is 17.6 Å². The first-order valence-corrected chi connectivity index (χ1v) is 6.38. The Morgan fingerprint density at radius 2 is 2.17 bits per heavy atom. The van der Waals surface area contributed by atoms with E-state index < -0.39 is 11.7 Å². The first-order valence-electron chi connectivity index (χ1n) is 5.85. The highest BCUT2D eigenvalue weighted by atomic mass is 35.5. The van der Waals surface area contributed by atoms with Crippen LogP contribution in [0.4, 0.5) is 19.0 Å². The molecular formula is C12H14ClF3N2. The van der Waals surface area contributed by atoms with Gasteiger partial charge in [0.25, 0.3) is 0 Å². The van der Waals surface area contributed by atoms with Crippen molar-refractivity contribution >= 4 is 17.4 Å². The van der Waals surface area contributed by atoms with Gasteiger partial charge in [0.1, 0.15) is 5.82 Å². The van der Waals surface area contributed by atoms with Crippen LogP contribution in [0.15, 0.2) is 18.3 Å². The van der Waals surface area contributed by atoms with E-state index in [1.807, 2.05) is 4.90 Å². The van der Waals surface area contributed by atoms with Crippen molar-refractivity contribution in [2.45, 2.75) is 19.0 Å². The van der Waals surface area contributed by atoms with Crippen LogP contribution in [0.1, 0.15) is 18.4 Å². The second-order valence-electron chi connectivity index (χ2n) is 4.51. The third-order valence-corrected chi connectivity index (χ3v) is 3.57. The summed E-state index contributed by atoms with van der Waals surface area (Å²) in [4.78, 5) is 5.90. The average molecular weight is 279 g/mol. The largest absolute Gasteiger partial charge is 0.417 e. The number of rotatable bonds is 2. The predicted molar refractivity (Wildman–Crippen MR) is 64.9 cm³/mol. The molecule has 1 unspecified atom stereocenters. The molecule has 1 aliphatic heterocycles. The Kier molecular flexibility index (Phi) is 4.00. The highest BCUT2D eigenvalue weighted by Gasteiger charge is 2.31. The van der Waals surface area contributed by atoms with Crippen molar-refractivity contribution in [3.8, 4) is 0 Å². The van der Waals surface area contributed by atoms with Gasteiger partial charge in [0.15, 0.2) is 0 Å². The first-order chi connectivity index (χ1) is 8.50. The van der Waals surface area contributed by atoms with Gasteiger partial charge >= 0.3 is 6.18 Å². The molecule has 2 nitrogen and oxygen atoms in total. The number of hydrogen-bond donors (Lipinski definition) is 0. The van der Waals surface area contributed by atoms with E-state index in [2.05, 4.69) is 4.98 Å². The fraction of sp³-hybridized carbons (Fsp3) is 0.583. The third kappa shape index (κ3) is 3.07. The van der Waals surface area contributed by atoms with Gasteiger partial charge in [-0.15, -0.1) is 11.6 Å². The van der Waals surface area contributed by atoms with E-state index in [0.717, 1.165) is 38.2 Å². The number of alkyl halides is 4. The number of aromatic nitrogens is 1. The van der Waals surface area contributed by atoms with E-state index in [1.165, 1.54) is 6.07 Å². The van der Waals surface area contributed by atoms with E-state index in [9.17, 15) is 13.2 Å². The number of pyridine rings is 1. The molecule has 0 saturated carbocycles. The average Bonchev–Trinajstić information content (AvgIpc) is 2.38. The maximum Gasteiger partial charge on any atom is 0.417 e. The zero-order valence-corrected chi connectivity index (χ0v) is 10.5. The molecule has 0 amide bonds. The SMILES string of the molecule is FC(F)(F)c1ccc(N2CCCC(CCl)C2)nc1. The zero-order valence-electron chi connectivity index (χ0n) is 9.75. The molecule has 0 aromatic carbocycles. The van der Waals surface area contributed by atoms with E-state index in [4.69, 9.17) is 11.6 Å². The smallest absolute Gasteiger partial charge is 0.356 e. The summed E-state index contributed by atoms with van der Waals surface area (Å²) < 4.78 is 37.2. The molecule has 2 heterocycles. The van der Waals surface area contributed by atoms with Crippen LogP contribution in [-0.4, -0.2) is 24.0 Å². The molecule has 1 aromatic rings. The van der Waals surface area contributed by atoms with Gasteiger partial charge in [0.05, 0.1) is 5.56 Å². The molecule has 0 aliphatic carbocycles. The van der Waals surface area contributed by atoms with Crippen LogP contribution >= 0.6 is 11.6 Å². The van der Waals surface area contributed by atoms with Gasteiger partial charge in [-0.3, -0.25) is 0 Å². The minimum atomic E-state index is -4.33. The molecule has 1 atom stereocenters. The summed E-state index contributed by atoms with van der Waals surface area (Å²) in [5.74, 6) is 1.57. The molecule has 2 rings (SSSR count). The lowest BCUT2D eigenvalue weighted by molar-refractivity contribution is -0.137. The Morgan fingerprint density at radius 1 is 1.39 bits per heavy atom. The maximum atomic E-state index is 12.4. The summed E-state index contributed by atoms with van der Waals surface area (Å²) in [5, 5.41) is 0. The van der Waals surface area contributed by atoms with Crippen LogP contribution in [0, 0.1) is 5.92 Å². The summed E-state index contributed by atoms with van der Waals surface area (Å²) >= 11 is 5.82. The quantitative estimate of drug-likeness (QED) is 0.769. The van der Waals surface area contributed by atoms with E-state index >= 15 is 0 Å². The third-order valence-electron chi connectivity index (χ3n) is 3.14. The number of halogens is 4. The lowest BCUT2D eigenvalue weighted by Crippen LogP contribution is -2.36. The van der Waals surface area contributed by atoms with Crippen molar-refractivity contribution < 1.29 is 13.2 Å².